The van der Waals surface area contributed by atoms with Crippen LogP contribution in [0.3, 0.4) is 0 Å². The molecule has 1 aromatic heterocycles. The molecule has 0 fully saturated rings. The molecule has 0 N–H and O–H groups in total. The number of nitrogens with zero attached hydrogens (tertiary/aromatic N) is 1. The van der Waals surface area contributed by atoms with E-state index in [0.717, 1.165) is 5.56 Å². The van der Waals surface area contributed by atoms with Crippen LogP contribution in [-0.2, 0) is 0 Å². The number of aromatic nitrogens is 1. The van der Waals surface area contributed by atoms with E-state index in [1.807, 2.05) is 24.3 Å². The van der Waals surface area contributed by atoms with Crippen LogP contribution in [0.25, 0.3) is 11.9 Å². The highest BCUT2D eigenvalue weighted by Crippen LogP contribution is 2.18. The van der Waals surface area contributed by atoms with Crippen molar-refractivity contribution in [2.45, 2.75) is 0 Å². The van der Waals surface area contributed by atoms with Gasteiger partial charge in [0.25, 0.3) is 0 Å². The van der Waals surface area contributed by atoms with E-state index in [0.29, 0.717) is 5.56 Å². The molecule has 1 aromatic carbocycles. The van der Waals surface area contributed by atoms with E-state index < -0.39 is 0 Å². The van der Waals surface area contributed by atoms with Gasteiger partial charge in [0, 0.05) is 18.0 Å². The normalized spacial score (nSPS) is 11.4. The van der Waals surface area contributed by atoms with Crippen LogP contribution in [0.15, 0.2) is 54.9 Å². The van der Waals surface area contributed by atoms with Gasteiger partial charge < -0.3 is 0 Å². The van der Waals surface area contributed by atoms with Gasteiger partial charge in [0.1, 0.15) is 5.83 Å². The Balaban J connectivity index is 2.29. The van der Waals surface area contributed by atoms with Gasteiger partial charge in [-0.15, -0.1) is 0 Å². The van der Waals surface area contributed by atoms with Gasteiger partial charge in [0.15, 0.2) is 0 Å². The number of benzene rings is 1. The average molecular weight is 199 g/mol. The number of pyridine rings is 1. The summed E-state index contributed by atoms with van der Waals surface area (Å²) < 4.78 is 13.7. The van der Waals surface area contributed by atoms with E-state index in [9.17, 15) is 4.39 Å². The summed E-state index contributed by atoms with van der Waals surface area (Å²) in [6.07, 6.45) is 4.77. The molecule has 0 saturated heterocycles. The molecule has 0 atom stereocenters. The van der Waals surface area contributed by atoms with E-state index in [-0.39, 0.29) is 5.83 Å². The van der Waals surface area contributed by atoms with Crippen molar-refractivity contribution in [2.75, 3.05) is 0 Å². The Morgan fingerprint density at radius 2 is 1.87 bits per heavy atom. The number of rotatable bonds is 2. The molecule has 0 amide bonds. The third kappa shape index (κ3) is 2.50. The summed E-state index contributed by atoms with van der Waals surface area (Å²) in [7, 11) is 0. The third-order valence-electron chi connectivity index (χ3n) is 2.03. The maximum Gasteiger partial charge on any atom is 0.131 e. The van der Waals surface area contributed by atoms with Crippen LogP contribution in [0.1, 0.15) is 11.1 Å². The molecule has 0 aliphatic heterocycles. The van der Waals surface area contributed by atoms with Gasteiger partial charge in [-0.1, -0.05) is 36.4 Å². The van der Waals surface area contributed by atoms with E-state index in [2.05, 4.69) is 4.98 Å². The second-order valence-corrected chi connectivity index (χ2v) is 3.14. The molecular weight excluding hydrogens is 189 g/mol. The summed E-state index contributed by atoms with van der Waals surface area (Å²) in [5, 5.41) is 0. The Morgan fingerprint density at radius 1 is 1.07 bits per heavy atom. The fourth-order valence-electron chi connectivity index (χ4n) is 1.29. The van der Waals surface area contributed by atoms with Crippen LogP contribution in [0.5, 0.6) is 0 Å². The first kappa shape index (κ1) is 9.59. The molecule has 74 valence electrons. The van der Waals surface area contributed by atoms with Gasteiger partial charge in [-0.05, 0) is 17.7 Å². The van der Waals surface area contributed by atoms with Crippen molar-refractivity contribution < 1.29 is 4.39 Å². The quantitative estimate of drug-likeness (QED) is 0.720. The minimum absolute atomic E-state index is 0.247. The smallest absolute Gasteiger partial charge is 0.131 e. The molecule has 0 bridgehead atoms. The summed E-state index contributed by atoms with van der Waals surface area (Å²) in [5.41, 5.74) is 1.35. The lowest BCUT2D eigenvalue weighted by molar-refractivity contribution is 0.765. The number of hydrogen-bond donors (Lipinski definition) is 0. The average Bonchev–Trinajstić information content (AvgIpc) is 2.31. The molecule has 0 saturated carbocycles. The first-order valence-electron chi connectivity index (χ1n) is 4.69. The molecule has 0 aliphatic rings. The molecule has 0 aliphatic carbocycles. The summed E-state index contributed by atoms with van der Waals surface area (Å²) >= 11 is 0. The fourth-order valence-corrected chi connectivity index (χ4v) is 1.29. The Hall–Kier alpha value is -1.96. The highest BCUT2D eigenvalue weighted by Gasteiger charge is 1.98. The van der Waals surface area contributed by atoms with Crippen LogP contribution in [0.4, 0.5) is 4.39 Å². The fraction of sp³-hybridized carbons (Fsp3) is 0. The molecule has 15 heavy (non-hydrogen) atoms. The van der Waals surface area contributed by atoms with Crippen molar-refractivity contribution in [3.8, 4) is 0 Å². The van der Waals surface area contributed by atoms with Crippen molar-refractivity contribution in [3.63, 3.8) is 0 Å². The van der Waals surface area contributed by atoms with Crippen LogP contribution in [0.2, 0.25) is 0 Å². The monoisotopic (exact) mass is 199 g/mol. The van der Waals surface area contributed by atoms with Crippen LogP contribution in [-0.4, -0.2) is 4.98 Å². The second-order valence-electron chi connectivity index (χ2n) is 3.14. The van der Waals surface area contributed by atoms with Crippen molar-refractivity contribution in [3.05, 3.63) is 66.0 Å². The van der Waals surface area contributed by atoms with Crippen LogP contribution >= 0.6 is 0 Å². The largest absolute Gasteiger partial charge is 0.264 e. The van der Waals surface area contributed by atoms with E-state index in [1.54, 1.807) is 30.6 Å². The van der Waals surface area contributed by atoms with Crippen molar-refractivity contribution >= 4 is 11.9 Å². The SMILES string of the molecule is F/C(=C\c1cccnc1)c1ccccc1. The summed E-state index contributed by atoms with van der Waals surface area (Å²) in [6.45, 7) is 0. The van der Waals surface area contributed by atoms with Crippen molar-refractivity contribution in [1.29, 1.82) is 0 Å². The lowest BCUT2D eigenvalue weighted by atomic mass is 10.1. The molecule has 0 spiro atoms. The van der Waals surface area contributed by atoms with E-state index in [1.165, 1.54) is 6.08 Å². The molecule has 0 radical (unpaired) electrons. The Labute approximate surface area is 87.9 Å². The number of halogens is 1. The number of hydrogen-bond acceptors (Lipinski definition) is 1. The molecule has 1 heterocycles. The predicted molar refractivity (Wildman–Crippen MR) is 59.7 cm³/mol. The second kappa shape index (κ2) is 4.51. The lowest BCUT2D eigenvalue weighted by Crippen LogP contribution is -1.78. The van der Waals surface area contributed by atoms with E-state index in [4.69, 9.17) is 0 Å². The molecule has 2 aromatic rings. The van der Waals surface area contributed by atoms with Crippen LogP contribution < -0.4 is 0 Å². The third-order valence-corrected chi connectivity index (χ3v) is 2.03. The van der Waals surface area contributed by atoms with Gasteiger partial charge >= 0.3 is 0 Å². The van der Waals surface area contributed by atoms with E-state index >= 15 is 0 Å². The Bertz CT molecular complexity index is 448. The lowest BCUT2D eigenvalue weighted by Gasteiger charge is -1.97. The van der Waals surface area contributed by atoms with Gasteiger partial charge in [0.2, 0.25) is 0 Å². The standard InChI is InChI=1S/C13H10FN/c14-13(12-6-2-1-3-7-12)9-11-5-4-8-15-10-11/h1-10H/b13-9-. The summed E-state index contributed by atoms with van der Waals surface area (Å²) in [5.74, 6) is -0.247. The van der Waals surface area contributed by atoms with Crippen molar-refractivity contribution in [1.82, 2.24) is 4.98 Å². The van der Waals surface area contributed by atoms with Crippen molar-refractivity contribution in [2.24, 2.45) is 0 Å². The zero-order chi connectivity index (χ0) is 10.5. The predicted octanol–water partition coefficient (Wildman–Crippen LogP) is 3.55. The minimum Gasteiger partial charge on any atom is -0.264 e. The molecule has 1 nitrogen and oxygen atoms in total. The summed E-state index contributed by atoms with van der Waals surface area (Å²) in [4.78, 5) is 3.92. The topological polar surface area (TPSA) is 12.9 Å². The Morgan fingerprint density at radius 3 is 2.53 bits per heavy atom. The summed E-state index contributed by atoms with van der Waals surface area (Å²) in [6, 6.07) is 12.6. The van der Waals surface area contributed by atoms with Gasteiger partial charge in [-0.3, -0.25) is 4.98 Å². The molecule has 2 rings (SSSR count). The molecular formula is C13H10FN. The molecule has 2 heteroatoms. The van der Waals surface area contributed by atoms with Gasteiger partial charge in [-0.2, -0.15) is 0 Å². The Kier molecular flexibility index (Phi) is 2.88. The maximum absolute atomic E-state index is 13.7. The highest BCUT2D eigenvalue weighted by atomic mass is 19.1. The first-order chi connectivity index (χ1) is 7.36. The first-order valence-corrected chi connectivity index (χ1v) is 4.69. The molecule has 0 unspecified atom stereocenters. The van der Waals surface area contributed by atoms with Crippen LogP contribution in [0, 0.1) is 0 Å². The zero-order valence-electron chi connectivity index (χ0n) is 8.10. The highest BCUT2D eigenvalue weighted by molar-refractivity contribution is 5.76. The zero-order valence-corrected chi connectivity index (χ0v) is 8.10. The van der Waals surface area contributed by atoms with Gasteiger partial charge in [0.05, 0.1) is 0 Å². The maximum atomic E-state index is 13.7. The minimum atomic E-state index is -0.247. The van der Waals surface area contributed by atoms with Gasteiger partial charge in [-0.25, -0.2) is 4.39 Å².